The van der Waals surface area contributed by atoms with Crippen LogP contribution in [-0.4, -0.2) is 30.6 Å². The van der Waals surface area contributed by atoms with Crippen LogP contribution in [0.15, 0.2) is 12.1 Å². The quantitative estimate of drug-likeness (QED) is 0.641. The predicted octanol–water partition coefficient (Wildman–Crippen LogP) is 2.20. The maximum absolute atomic E-state index is 13.9. The molecular formula is C13H17FN2O4. The number of ether oxygens (including phenoxy) is 1. The SMILES string of the molecule is COCCC(C)NC(=O)c1cc([N+](=O)[O-])cc(C)c1F. The van der Waals surface area contributed by atoms with Gasteiger partial charge >= 0.3 is 0 Å². The molecule has 1 N–H and O–H groups in total. The number of non-ortho nitro benzene ring substituents is 1. The Morgan fingerprint density at radius 2 is 2.20 bits per heavy atom. The van der Waals surface area contributed by atoms with E-state index in [1.807, 2.05) is 0 Å². The first-order valence-corrected chi connectivity index (χ1v) is 6.11. The van der Waals surface area contributed by atoms with Crippen molar-refractivity contribution in [3.05, 3.63) is 39.2 Å². The topological polar surface area (TPSA) is 81.5 Å². The minimum absolute atomic E-state index is 0.0638. The summed E-state index contributed by atoms with van der Waals surface area (Å²) in [6, 6.07) is 1.82. The van der Waals surface area contributed by atoms with Gasteiger partial charge in [0.2, 0.25) is 0 Å². The Labute approximate surface area is 116 Å². The number of benzene rings is 1. The molecule has 6 nitrogen and oxygen atoms in total. The normalized spacial score (nSPS) is 12.0. The molecule has 0 aromatic heterocycles. The Kier molecular flexibility index (Phi) is 5.57. The Morgan fingerprint density at radius 1 is 1.55 bits per heavy atom. The molecule has 1 aromatic carbocycles. The Bertz CT molecular complexity index is 519. The lowest BCUT2D eigenvalue weighted by Gasteiger charge is -2.14. The summed E-state index contributed by atoms with van der Waals surface area (Å²) in [7, 11) is 1.54. The molecule has 1 aromatic rings. The first kappa shape index (κ1) is 16.0. The van der Waals surface area contributed by atoms with E-state index in [1.54, 1.807) is 6.92 Å². The number of aryl methyl sites for hydroxylation is 1. The average Bonchev–Trinajstić information content (AvgIpc) is 2.38. The zero-order valence-electron chi connectivity index (χ0n) is 11.6. The third kappa shape index (κ3) is 3.99. The number of hydrogen-bond acceptors (Lipinski definition) is 4. The lowest BCUT2D eigenvalue weighted by molar-refractivity contribution is -0.385. The van der Waals surface area contributed by atoms with Crippen LogP contribution in [0.1, 0.15) is 29.3 Å². The first-order chi connectivity index (χ1) is 9.36. The summed E-state index contributed by atoms with van der Waals surface area (Å²) in [6.07, 6.45) is 0.567. The molecule has 0 aliphatic rings. The van der Waals surface area contributed by atoms with Crippen molar-refractivity contribution in [2.45, 2.75) is 26.3 Å². The van der Waals surface area contributed by atoms with Gasteiger partial charge < -0.3 is 10.1 Å². The summed E-state index contributed by atoms with van der Waals surface area (Å²) in [6.45, 7) is 3.59. The van der Waals surface area contributed by atoms with Crippen LogP contribution in [0, 0.1) is 22.9 Å². The number of hydrogen-bond donors (Lipinski definition) is 1. The number of methoxy groups -OCH3 is 1. The third-order valence-corrected chi connectivity index (χ3v) is 2.83. The van der Waals surface area contributed by atoms with Crippen molar-refractivity contribution in [1.82, 2.24) is 5.32 Å². The maximum atomic E-state index is 13.9. The highest BCUT2D eigenvalue weighted by molar-refractivity contribution is 5.95. The molecular weight excluding hydrogens is 267 g/mol. The Balaban J connectivity index is 2.94. The van der Waals surface area contributed by atoms with E-state index in [0.29, 0.717) is 13.0 Å². The van der Waals surface area contributed by atoms with Gasteiger partial charge in [-0.15, -0.1) is 0 Å². The second kappa shape index (κ2) is 6.95. The van der Waals surface area contributed by atoms with Gasteiger partial charge in [0.1, 0.15) is 5.82 Å². The van der Waals surface area contributed by atoms with E-state index in [4.69, 9.17) is 4.74 Å². The molecule has 0 bridgehead atoms. The van der Waals surface area contributed by atoms with Crippen molar-refractivity contribution in [2.24, 2.45) is 0 Å². The first-order valence-electron chi connectivity index (χ1n) is 6.11. The minimum Gasteiger partial charge on any atom is -0.385 e. The summed E-state index contributed by atoms with van der Waals surface area (Å²) >= 11 is 0. The molecule has 110 valence electrons. The number of amides is 1. The number of nitro groups is 1. The smallest absolute Gasteiger partial charge is 0.270 e. The van der Waals surface area contributed by atoms with Crippen LogP contribution in [0.2, 0.25) is 0 Å². The molecule has 0 aliphatic heterocycles. The van der Waals surface area contributed by atoms with Gasteiger partial charge in [-0.1, -0.05) is 0 Å². The molecule has 0 saturated carbocycles. The molecule has 7 heteroatoms. The number of nitrogens with one attached hydrogen (secondary N) is 1. The van der Waals surface area contributed by atoms with Gasteiger partial charge in [-0.2, -0.15) is 0 Å². The lowest BCUT2D eigenvalue weighted by atomic mass is 10.1. The zero-order valence-corrected chi connectivity index (χ0v) is 11.6. The number of halogens is 1. The van der Waals surface area contributed by atoms with Gasteiger partial charge in [0.25, 0.3) is 11.6 Å². The fourth-order valence-electron chi connectivity index (χ4n) is 1.69. The van der Waals surface area contributed by atoms with Gasteiger partial charge in [-0.25, -0.2) is 4.39 Å². The molecule has 20 heavy (non-hydrogen) atoms. The van der Waals surface area contributed by atoms with Crippen LogP contribution in [0.3, 0.4) is 0 Å². The zero-order chi connectivity index (χ0) is 15.3. The fourth-order valence-corrected chi connectivity index (χ4v) is 1.69. The molecule has 1 rings (SSSR count). The number of rotatable bonds is 6. The summed E-state index contributed by atoms with van der Waals surface area (Å²) in [5.74, 6) is -1.41. The maximum Gasteiger partial charge on any atom is 0.270 e. The van der Waals surface area contributed by atoms with E-state index in [-0.39, 0.29) is 22.9 Å². The van der Waals surface area contributed by atoms with E-state index in [1.165, 1.54) is 14.0 Å². The number of carbonyl (C=O) groups excluding carboxylic acids is 1. The molecule has 1 unspecified atom stereocenters. The fraction of sp³-hybridized carbons (Fsp3) is 0.462. The van der Waals surface area contributed by atoms with Crippen molar-refractivity contribution in [3.8, 4) is 0 Å². The van der Waals surface area contributed by atoms with E-state index in [2.05, 4.69) is 5.32 Å². The highest BCUT2D eigenvalue weighted by atomic mass is 19.1. The van der Waals surface area contributed by atoms with Gasteiger partial charge in [0.05, 0.1) is 10.5 Å². The lowest BCUT2D eigenvalue weighted by Crippen LogP contribution is -2.34. The standard InChI is InChI=1S/C13H17FN2O4/c1-8-6-10(16(18)19)7-11(12(8)14)13(17)15-9(2)4-5-20-3/h6-7,9H,4-5H2,1-3H3,(H,15,17). The Morgan fingerprint density at radius 3 is 2.75 bits per heavy atom. The van der Waals surface area contributed by atoms with Gasteiger partial charge in [0, 0.05) is 31.9 Å². The number of nitro benzene ring substituents is 1. The van der Waals surface area contributed by atoms with E-state index >= 15 is 0 Å². The van der Waals surface area contributed by atoms with Gasteiger partial charge in [-0.3, -0.25) is 14.9 Å². The summed E-state index contributed by atoms with van der Waals surface area (Å²) in [4.78, 5) is 22.0. The molecule has 0 radical (unpaired) electrons. The average molecular weight is 284 g/mol. The van der Waals surface area contributed by atoms with E-state index in [0.717, 1.165) is 12.1 Å². The largest absolute Gasteiger partial charge is 0.385 e. The summed E-state index contributed by atoms with van der Waals surface area (Å²) in [5.41, 5.74) is -0.562. The van der Waals surface area contributed by atoms with Crippen LogP contribution in [0.25, 0.3) is 0 Å². The molecule has 1 amide bonds. The molecule has 0 spiro atoms. The highest BCUT2D eigenvalue weighted by Gasteiger charge is 2.20. The Hall–Kier alpha value is -2.02. The summed E-state index contributed by atoms with van der Waals surface area (Å²) in [5, 5.41) is 13.3. The van der Waals surface area contributed by atoms with Gasteiger partial charge in [-0.05, 0) is 25.8 Å². The highest BCUT2D eigenvalue weighted by Crippen LogP contribution is 2.21. The van der Waals surface area contributed by atoms with Crippen molar-refractivity contribution in [2.75, 3.05) is 13.7 Å². The van der Waals surface area contributed by atoms with E-state index < -0.39 is 16.6 Å². The number of carbonyl (C=O) groups is 1. The van der Waals surface area contributed by atoms with Crippen molar-refractivity contribution in [1.29, 1.82) is 0 Å². The van der Waals surface area contributed by atoms with Crippen molar-refractivity contribution >= 4 is 11.6 Å². The van der Waals surface area contributed by atoms with Crippen LogP contribution < -0.4 is 5.32 Å². The predicted molar refractivity (Wildman–Crippen MR) is 71.2 cm³/mol. The summed E-state index contributed by atoms with van der Waals surface area (Å²) < 4.78 is 18.8. The van der Waals surface area contributed by atoms with Crippen LogP contribution >= 0.6 is 0 Å². The molecule has 1 atom stereocenters. The second-order valence-corrected chi connectivity index (χ2v) is 4.54. The van der Waals surface area contributed by atoms with Crippen molar-refractivity contribution in [3.63, 3.8) is 0 Å². The van der Waals surface area contributed by atoms with Gasteiger partial charge in [0.15, 0.2) is 0 Å². The molecule has 0 saturated heterocycles. The molecule has 0 fully saturated rings. The molecule has 0 aliphatic carbocycles. The number of nitrogens with zero attached hydrogens (tertiary/aromatic N) is 1. The minimum atomic E-state index is -0.743. The molecule has 0 heterocycles. The third-order valence-electron chi connectivity index (χ3n) is 2.83. The van der Waals surface area contributed by atoms with Crippen LogP contribution in [0.5, 0.6) is 0 Å². The van der Waals surface area contributed by atoms with Crippen molar-refractivity contribution < 1.29 is 18.8 Å². The van der Waals surface area contributed by atoms with E-state index in [9.17, 15) is 19.3 Å². The van der Waals surface area contributed by atoms with Crippen LogP contribution in [-0.2, 0) is 4.74 Å². The van der Waals surface area contributed by atoms with Crippen LogP contribution in [0.4, 0.5) is 10.1 Å². The second-order valence-electron chi connectivity index (χ2n) is 4.54. The monoisotopic (exact) mass is 284 g/mol.